The Balaban J connectivity index is 2.12. The molecule has 2 heterocycles. The zero-order valence-electron chi connectivity index (χ0n) is 9.84. The molecule has 96 valence electrons. The minimum absolute atomic E-state index is 0.206. The van der Waals surface area contributed by atoms with E-state index in [1.807, 2.05) is 6.92 Å². The molecule has 0 aliphatic rings. The first-order valence-electron chi connectivity index (χ1n) is 5.49. The summed E-state index contributed by atoms with van der Waals surface area (Å²) < 4.78 is 22.9. The molecule has 6 nitrogen and oxygen atoms in total. The Labute approximate surface area is 103 Å². The first-order chi connectivity index (χ1) is 8.70. The molecule has 0 amide bonds. The summed E-state index contributed by atoms with van der Waals surface area (Å²) >= 11 is 0. The second-order valence-corrected chi connectivity index (χ2v) is 3.59. The number of hydrogen-bond acceptors (Lipinski definition) is 6. The summed E-state index contributed by atoms with van der Waals surface area (Å²) in [6, 6.07) is 2.27. The van der Waals surface area contributed by atoms with Crippen LogP contribution in [0.1, 0.15) is 18.8 Å². The maximum Gasteiger partial charge on any atom is 0.276 e. The van der Waals surface area contributed by atoms with Crippen LogP contribution in [0.15, 0.2) is 22.9 Å². The van der Waals surface area contributed by atoms with Crippen molar-refractivity contribution in [2.45, 2.75) is 13.0 Å². The van der Waals surface area contributed by atoms with Gasteiger partial charge >= 0.3 is 0 Å². The van der Waals surface area contributed by atoms with Crippen LogP contribution in [-0.4, -0.2) is 28.3 Å². The van der Waals surface area contributed by atoms with Gasteiger partial charge in [-0.05, 0) is 19.1 Å². The van der Waals surface area contributed by atoms with Crippen LogP contribution in [-0.2, 0) is 4.74 Å². The Morgan fingerprint density at radius 2 is 2.33 bits per heavy atom. The number of hydrogen-bond donors (Lipinski definition) is 1. The zero-order valence-corrected chi connectivity index (χ0v) is 9.84. The van der Waals surface area contributed by atoms with Crippen LogP contribution < -0.4 is 5.73 Å². The van der Waals surface area contributed by atoms with Crippen molar-refractivity contribution in [1.82, 2.24) is 15.1 Å². The molecule has 2 aromatic rings. The third-order valence-corrected chi connectivity index (χ3v) is 2.22. The van der Waals surface area contributed by atoms with Crippen molar-refractivity contribution in [2.75, 3.05) is 13.2 Å². The summed E-state index contributed by atoms with van der Waals surface area (Å²) in [4.78, 5) is 7.94. The van der Waals surface area contributed by atoms with Crippen LogP contribution in [0.2, 0.25) is 0 Å². The fourth-order valence-corrected chi connectivity index (χ4v) is 1.31. The minimum Gasteiger partial charge on any atom is -0.380 e. The first kappa shape index (κ1) is 12.6. The van der Waals surface area contributed by atoms with E-state index < -0.39 is 11.9 Å². The highest BCUT2D eigenvalue weighted by Crippen LogP contribution is 2.16. The van der Waals surface area contributed by atoms with Gasteiger partial charge in [0.1, 0.15) is 11.5 Å². The van der Waals surface area contributed by atoms with E-state index in [0.29, 0.717) is 24.7 Å². The van der Waals surface area contributed by atoms with Crippen molar-refractivity contribution in [3.63, 3.8) is 0 Å². The largest absolute Gasteiger partial charge is 0.380 e. The highest BCUT2D eigenvalue weighted by molar-refractivity contribution is 5.45. The van der Waals surface area contributed by atoms with Crippen molar-refractivity contribution in [1.29, 1.82) is 0 Å². The number of ether oxygens (including phenoxy) is 1. The minimum atomic E-state index is -0.456. The first-order valence-corrected chi connectivity index (χ1v) is 5.49. The second-order valence-electron chi connectivity index (χ2n) is 3.59. The average Bonchev–Trinajstić information content (AvgIpc) is 2.86. The number of nitrogens with zero attached hydrogens (tertiary/aromatic N) is 3. The molecular formula is C11H13FN4O2. The maximum atomic E-state index is 12.7. The van der Waals surface area contributed by atoms with Gasteiger partial charge in [-0.2, -0.15) is 4.98 Å². The Morgan fingerprint density at radius 3 is 3.00 bits per heavy atom. The van der Waals surface area contributed by atoms with E-state index in [-0.39, 0.29) is 5.89 Å². The highest BCUT2D eigenvalue weighted by atomic mass is 19.1. The van der Waals surface area contributed by atoms with Crippen molar-refractivity contribution < 1.29 is 13.7 Å². The smallest absolute Gasteiger partial charge is 0.276 e. The third kappa shape index (κ3) is 2.88. The predicted octanol–water partition coefficient (Wildman–Crippen LogP) is 1.31. The molecule has 2 aromatic heterocycles. The molecule has 18 heavy (non-hydrogen) atoms. The van der Waals surface area contributed by atoms with Gasteiger partial charge in [0, 0.05) is 6.61 Å². The summed E-state index contributed by atoms with van der Waals surface area (Å²) in [5.41, 5.74) is 6.21. The van der Waals surface area contributed by atoms with E-state index in [1.165, 1.54) is 12.1 Å². The molecule has 0 radical (unpaired) electrons. The van der Waals surface area contributed by atoms with Crippen molar-refractivity contribution in [3.8, 4) is 11.6 Å². The summed E-state index contributed by atoms with van der Waals surface area (Å²) in [7, 11) is 0. The lowest BCUT2D eigenvalue weighted by atomic mass is 10.3. The van der Waals surface area contributed by atoms with Gasteiger partial charge in [0.15, 0.2) is 5.82 Å². The number of pyridine rings is 1. The standard InChI is InChI=1S/C11H13FN4O2/c1-2-17-6-8(13)10-15-11(18-16-10)9-4-3-7(12)5-14-9/h3-5,8H,2,6,13H2,1H3. The molecule has 2 rings (SSSR count). The number of nitrogens with two attached hydrogens (primary N) is 1. The molecule has 1 unspecified atom stereocenters. The van der Waals surface area contributed by atoms with E-state index in [1.54, 1.807) is 0 Å². The molecule has 0 aromatic carbocycles. The van der Waals surface area contributed by atoms with E-state index in [9.17, 15) is 4.39 Å². The molecule has 0 bridgehead atoms. The molecule has 0 spiro atoms. The Kier molecular flexibility index (Phi) is 3.96. The van der Waals surface area contributed by atoms with Gasteiger partial charge in [0.25, 0.3) is 5.89 Å². The van der Waals surface area contributed by atoms with Gasteiger partial charge in [0.05, 0.1) is 18.8 Å². The maximum absolute atomic E-state index is 12.7. The Morgan fingerprint density at radius 1 is 1.50 bits per heavy atom. The molecule has 0 fully saturated rings. The second kappa shape index (κ2) is 5.65. The lowest BCUT2D eigenvalue weighted by Gasteiger charge is -2.05. The monoisotopic (exact) mass is 252 g/mol. The summed E-state index contributed by atoms with van der Waals surface area (Å²) in [6.07, 6.45) is 1.08. The highest BCUT2D eigenvalue weighted by Gasteiger charge is 2.16. The van der Waals surface area contributed by atoms with Gasteiger partial charge in [0.2, 0.25) is 0 Å². The van der Waals surface area contributed by atoms with E-state index in [4.69, 9.17) is 15.0 Å². The fraction of sp³-hybridized carbons (Fsp3) is 0.364. The van der Waals surface area contributed by atoms with Gasteiger partial charge < -0.3 is 15.0 Å². The number of rotatable bonds is 5. The zero-order chi connectivity index (χ0) is 13.0. The normalized spacial score (nSPS) is 12.6. The molecular weight excluding hydrogens is 239 g/mol. The molecule has 1 atom stereocenters. The van der Waals surface area contributed by atoms with Crippen molar-refractivity contribution in [3.05, 3.63) is 30.0 Å². The Bertz CT molecular complexity index is 500. The van der Waals surface area contributed by atoms with Crippen LogP contribution in [0.25, 0.3) is 11.6 Å². The van der Waals surface area contributed by atoms with Crippen LogP contribution in [0.5, 0.6) is 0 Å². The quantitative estimate of drug-likeness (QED) is 0.863. The molecule has 2 N–H and O–H groups in total. The molecule has 0 aliphatic carbocycles. The van der Waals surface area contributed by atoms with Gasteiger partial charge in [-0.3, -0.25) is 0 Å². The van der Waals surface area contributed by atoms with Gasteiger partial charge in [-0.15, -0.1) is 0 Å². The van der Waals surface area contributed by atoms with Crippen molar-refractivity contribution in [2.24, 2.45) is 5.73 Å². The van der Waals surface area contributed by atoms with Crippen LogP contribution in [0.4, 0.5) is 4.39 Å². The Hall–Kier alpha value is -1.86. The molecule has 0 saturated carbocycles. The van der Waals surface area contributed by atoms with Crippen LogP contribution in [0.3, 0.4) is 0 Å². The predicted molar refractivity (Wildman–Crippen MR) is 60.9 cm³/mol. The van der Waals surface area contributed by atoms with E-state index in [0.717, 1.165) is 6.20 Å². The average molecular weight is 252 g/mol. The molecule has 7 heteroatoms. The van der Waals surface area contributed by atoms with Crippen molar-refractivity contribution >= 4 is 0 Å². The van der Waals surface area contributed by atoms with Crippen LogP contribution in [0, 0.1) is 5.82 Å². The van der Waals surface area contributed by atoms with Gasteiger partial charge in [-0.1, -0.05) is 5.16 Å². The van der Waals surface area contributed by atoms with Gasteiger partial charge in [-0.25, -0.2) is 9.37 Å². The van der Waals surface area contributed by atoms with E-state index in [2.05, 4.69) is 15.1 Å². The number of aromatic nitrogens is 3. The lowest BCUT2D eigenvalue weighted by Crippen LogP contribution is -2.18. The summed E-state index contributed by atoms with van der Waals surface area (Å²) in [5, 5.41) is 3.74. The topological polar surface area (TPSA) is 87.1 Å². The number of halogens is 1. The SMILES string of the molecule is CCOCC(N)c1noc(-c2ccc(F)cn2)n1. The lowest BCUT2D eigenvalue weighted by molar-refractivity contribution is 0.130. The molecule has 0 saturated heterocycles. The summed E-state index contributed by atoms with van der Waals surface area (Å²) in [6.45, 7) is 2.75. The van der Waals surface area contributed by atoms with Crippen LogP contribution >= 0.6 is 0 Å². The summed E-state index contributed by atoms with van der Waals surface area (Å²) in [5.74, 6) is 0.119. The van der Waals surface area contributed by atoms with E-state index >= 15 is 0 Å². The molecule has 0 aliphatic heterocycles. The third-order valence-electron chi connectivity index (χ3n) is 2.22. The fourth-order valence-electron chi connectivity index (χ4n) is 1.31.